The van der Waals surface area contributed by atoms with Crippen LogP contribution in [0.5, 0.6) is 0 Å². The molecule has 1 unspecified atom stereocenters. The summed E-state index contributed by atoms with van der Waals surface area (Å²) in [6.45, 7) is 1.18. The Hall–Kier alpha value is -2.11. The molecule has 0 saturated carbocycles. The molecular formula is C24H27NO2S. The lowest BCUT2D eigenvalue weighted by molar-refractivity contribution is 0.0137. The summed E-state index contributed by atoms with van der Waals surface area (Å²) >= 11 is 1.71. The van der Waals surface area contributed by atoms with Crippen molar-refractivity contribution in [2.24, 2.45) is 0 Å². The molecule has 0 radical (unpaired) electrons. The summed E-state index contributed by atoms with van der Waals surface area (Å²) in [4.78, 5) is 3.43. The van der Waals surface area contributed by atoms with Crippen molar-refractivity contribution in [1.82, 2.24) is 4.90 Å². The summed E-state index contributed by atoms with van der Waals surface area (Å²) in [5.74, 6) is 0.700. The van der Waals surface area contributed by atoms with E-state index in [4.69, 9.17) is 0 Å². The third-order valence-corrected chi connectivity index (χ3v) is 5.83. The van der Waals surface area contributed by atoms with Crippen molar-refractivity contribution in [1.29, 1.82) is 0 Å². The van der Waals surface area contributed by atoms with Gasteiger partial charge in [0.25, 0.3) is 0 Å². The van der Waals surface area contributed by atoms with E-state index in [2.05, 4.69) is 41.3 Å². The molecule has 0 aliphatic rings. The van der Waals surface area contributed by atoms with E-state index >= 15 is 0 Å². The van der Waals surface area contributed by atoms with Gasteiger partial charge < -0.3 is 10.2 Å². The zero-order valence-electron chi connectivity index (χ0n) is 15.9. The quantitative estimate of drug-likeness (QED) is 0.507. The van der Waals surface area contributed by atoms with Crippen LogP contribution in [0, 0.1) is 0 Å². The largest absolute Gasteiger partial charge is 0.394 e. The molecule has 0 fully saturated rings. The molecule has 2 atom stereocenters. The second-order valence-corrected chi connectivity index (χ2v) is 7.91. The van der Waals surface area contributed by atoms with Crippen LogP contribution < -0.4 is 0 Å². The molecule has 3 rings (SSSR count). The Labute approximate surface area is 171 Å². The Morgan fingerprint density at radius 2 is 1.18 bits per heavy atom. The Bertz CT molecular complexity index is 757. The number of rotatable bonds is 10. The highest BCUT2D eigenvalue weighted by Gasteiger charge is 2.26. The van der Waals surface area contributed by atoms with Crippen LogP contribution in [-0.4, -0.2) is 39.6 Å². The fraction of sp³-hybridized carbons (Fsp3) is 0.250. The molecule has 3 aromatic carbocycles. The van der Waals surface area contributed by atoms with Gasteiger partial charge in [0.1, 0.15) is 0 Å². The molecule has 28 heavy (non-hydrogen) atoms. The fourth-order valence-electron chi connectivity index (χ4n) is 3.21. The van der Waals surface area contributed by atoms with Gasteiger partial charge in [0.2, 0.25) is 0 Å². The third-order valence-electron chi connectivity index (χ3n) is 4.72. The van der Waals surface area contributed by atoms with Crippen molar-refractivity contribution < 1.29 is 10.2 Å². The molecular weight excluding hydrogens is 366 g/mol. The predicted molar refractivity (Wildman–Crippen MR) is 116 cm³/mol. The number of aliphatic hydroxyl groups excluding tert-OH is 2. The average Bonchev–Trinajstić information content (AvgIpc) is 2.75. The van der Waals surface area contributed by atoms with Crippen molar-refractivity contribution in [2.45, 2.75) is 30.1 Å². The van der Waals surface area contributed by atoms with E-state index in [-0.39, 0.29) is 12.6 Å². The molecule has 0 amide bonds. The van der Waals surface area contributed by atoms with E-state index in [9.17, 15) is 10.2 Å². The molecule has 0 heterocycles. The monoisotopic (exact) mass is 393 g/mol. The van der Waals surface area contributed by atoms with Gasteiger partial charge in [-0.15, -0.1) is 11.8 Å². The number of hydrogen-bond acceptors (Lipinski definition) is 4. The fourth-order valence-corrected chi connectivity index (χ4v) is 4.35. The Morgan fingerprint density at radius 1 is 0.714 bits per heavy atom. The average molecular weight is 394 g/mol. The molecule has 2 N–H and O–H groups in total. The number of nitrogens with zero attached hydrogens (tertiary/aromatic N) is 1. The van der Waals surface area contributed by atoms with E-state index < -0.39 is 6.10 Å². The molecule has 0 aliphatic heterocycles. The van der Waals surface area contributed by atoms with Crippen LogP contribution in [0.15, 0.2) is 95.9 Å². The van der Waals surface area contributed by atoms with Gasteiger partial charge in [-0.2, -0.15) is 0 Å². The number of hydrogen-bond donors (Lipinski definition) is 2. The van der Waals surface area contributed by atoms with Crippen molar-refractivity contribution in [3.05, 3.63) is 102 Å². The second kappa shape index (κ2) is 11.0. The van der Waals surface area contributed by atoms with E-state index in [1.54, 1.807) is 11.8 Å². The Morgan fingerprint density at radius 3 is 1.64 bits per heavy atom. The predicted octanol–water partition coefficient (Wildman–Crippen LogP) is 4.20. The first-order valence-electron chi connectivity index (χ1n) is 9.55. The van der Waals surface area contributed by atoms with E-state index in [0.29, 0.717) is 18.8 Å². The summed E-state index contributed by atoms with van der Waals surface area (Å²) in [7, 11) is 0. The van der Waals surface area contributed by atoms with Crippen LogP contribution in [-0.2, 0) is 13.1 Å². The van der Waals surface area contributed by atoms with Crippen LogP contribution in [0.25, 0.3) is 0 Å². The van der Waals surface area contributed by atoms with Crippen molar-refractivity contribution in [2.75, 3.05) is 12.4 Å². The topological polar surface area (TPSA) is 43.7 Å². The highest BCUT2D eigenvalue weighted by atomic mass is 32.2. The van der Waals surface area contributed by atoms with Crippen LogP contribution in [0.3, 0.4) is 0 Å². The SMILES string of the molecule is OCC(O)[C@H](CSc1ccccc1)N(Cc1ccccc1)Cc1ccccc1. The number of benzene rings is 3. The first-order chi connectivity index (χ1) is 13.8. The maximum Gasteiger partial charge on any atom is 0.0934 e. The minimum atomic E-state index is -0.802. The van der Waals surface area contributed by atoms with Crippen molar-refractivity contribution in [3.8, 4) is 0 Å². The number of aliphatic hydroxyl groups is 2. The molecule has 3 nitrogen and oxygen atoms in total. The summed E-state index contributed by atoms with van der Waals surface area (Å²) in [5, 5.41) is 20.3. The minimum absolute atomic E-state index is 0.171. The maximum absolute atomic E-state index is 10.6. The highest BCUT2D eigenvalue weighted by molar-refractivity contribution is 7.99. The van der Waals surface area contributed by atoms with Gasteiger partial charge in [0.05, 0.1) is 12.7 Å². The lowest BCUT2D eigenvalue weighted by atomic mass is 10.1. The molecule has 3 aromatic rings. The van der Waals surface area contributed by atoms with Gasteiger partial charge in [0, 0.05) is 29.8 Å². The molecule has 4 heteroatoms. The molecule has 0 bridgehead atoms. The van der Waals surface area contributed by atoms with E-state index in [1.165, 1.54) is 11.1 Å². The highest BCUT2D eigenvalue weighted by Crippen LogP contribution is 2.24. The van der Waals surface area contributed by atoms with Crippen LogP contribution in [0.1, 0.15) is 11.1 Å². The van der Waals surface area contributed by atoms with Gasteiger partial charge >= 0.3 is 0 Å². The van der Waals surface area contributed by atoms with Crippen molar-refractivity contribution in [3.63, 3.8) is 0 Å². The third kappa shape index (κ3) is 6.21. The van der Waals surface area contributed by atoms with Gasteiger partial charge in [-0.25, -0.2) is 0 Å². The zero-order chi connectivity index (χ0) is 19.6. The second-order valence-electron chi connectivity index (χ2n) is 6.82. The first-order valence-corrected chi connectivity index (χ1v) is 10.5. The van der Waals surface area contributed by atoms with E-state index in [1.807, 2.05) is 54.6 Å². The Balaban J connectivity index is 1.81. The molecule has 146 valence electrons. The van der Waals surface area contributed by atoms with Gasteiger partial charge in [0.15, 0.2) is 0 Å². The molecule has 0 aromatic heterocycles. The maximum atomic E-state index is 10.6. The van der Waals surface area contributed by atoms with Crippen LogP contribution in [0.4, 0.5) is 0 Å². The zero-order valence-corrected chi connectivity index (χ0v) is 16.7. The Kier molecular flexibility index (Phi) is 8.12. The van der Waals surface area contributed by atoms with Crippen LogP contribution >= 0.6 is 11.8 Å². The standard InChI is InChI=1S/C24H27NO2S/c26-18-24(27)23(19-28-22-14-8-3-9-15-22)25(16-20-10-4-1-5-11-20)17-21-12-6-2-7-13-21/h1-15,23-24,26-27H,16-19H2/t23-,24?/m0/s1. The van der Waals surface area contributed by atoms with Crippen molar-refractivity contribution >= 4 is 11.8 Å². The minimum Gasteiger partial charge on any atom is -0.394 e. The summed E-state index contributed by atoms with van der Waals surface area (Å²) in [6, 6.07) is 30.6. The smallest absolute Gasteiger partial charge is 0.0934 e. The summed E-state index contributed by atoms with van der Waals surface area (Å²) < 4.78 is 0. The first kappa shape index (κ1) is 20.6. The lowest BCUT2D eigenvalue weighted by Crippen LogP contribution is -2.46. The van der Waals surface area contributed by atoms with E-state index in [0.717, 1.165) is 4.90 Å². The van der Waals surface area contributed by atoms with Gasteiger partial charge in [-0.05, 0) is 23.3 Å². The molecule has 0 spiro atoms. The summed E-state index contributed by atoms with van der Waals surface area (Å²) in [5.41, 5.74) is 2.39. The van der Waals surface area contributed by atoms with Crippen LogP contribution in [0.2, 0.25) is 0 Å². The van der Waals surface area contributed by atoms with Gasteiger partial charge in [-0.1, -0.05) is 78.9 Å². The normalized spacial score (nSPS) is 13.4. The lowest BCUT2D eigenvalue weighted by Gasteiger charge is -2.34. The summed E-state index contributed by atoms with van der Waals surface area (Å²) in [6.07, 6.45) is -0.802. The molecule has 0 aliphatic carbocycles. The van der Waals surface area contributed by atoms with Gasteiger partial charge in [-0.3, -0.25) is 4.90 Å². The number of thioether (sulfide) groups is 1. The molecule has 0 saturated heterocycles.